The van der Waals surface area contributed by atoms with E-state index < -0.39 is 20.9 Å². The van der Waals surface area contributed by atoms with Crippen LogP contribution in [0, 0.1) is 41.5 Å². The van der Waals surface area contributed by atoms with Gasteiger partial charge in [0.25, 0.3) is 0 Å². The van der Waals surface area contributed by atoms with Crippen molar-refractivity contribution in [1.29, 1.82) is 0 Å². The number of rotatable bonds is 2. The minimum absolute atomic E-state index is 0.202. The SMILES string of the molecule is CC1=CC(C)=[N+]2C1=C(C1=C(C)C3=C(C4=C(C)C5=Cc6c(C)cc(C)n6[B-](F)(F)[N+]5=C4C)c4c(C)cc(C)n4[B-](F)(F)[N+]3=C1C)c1c(C)cc(C)n1[B-]2(F)F. The summed E-state index contributed by atoms with van der Waals surface area (Å²) in [5.41, 5.74) is 9.10. The normalized spacial score (nSPS) is 22.0. The van der Waals surface area contributed by atoms with Crippen LogP contribution < -0.4 is 0 Å². The number of halogens is 6. The fourth-order valence-electron chi connectivity index (χ4n) is 11.0. The van der Waals surface area contributed by atoms with E-state index in [2.05, 4.69) is 0 Å². The maximum absolute atomic E-state index is 17.5. The van der Waals surface area contributed by atoms with Crippen LogP contribution in [0.4, 0.5) is 25.9 Å². The monoisotopic (exact) mass is 740 g/mol. The van der Waals surface area contributed by atoms with Crippen molar-refractivity contribution < 1.29 is 39.4 Å². The molecule has 3 aromatic heterocycles. The number of nitrogens with zero attached hydrogens (tertiary/aromatic N) is 6. The Kier molecular flexibility index (Phi) is 6.59. The number of allylic oxidation sites excluding steroid dienone is 8. The number of fused-ring (bicyclic) bond motifs is 6. The summed E-state index contributed by atoms with van der Waals surface area (Å²) in [4.78, 5) is 0. The largest absolute Gasteiger partial charge is 0.737 e. The topological polar surface area (TPSA) is 23.8 Å². The number of hydrogen-bond acceptors (Lipinski definition) is 0. The zero-order chi connectivity index (χ0) is 39.2. The Balaban J connectivity index is 1.44. The fourth-order valence-corrected chi connectivity index (χ4v) is 11.0. The molecule has 0 atom stereocenters. The van der Waals surface area contributed by atoms with Crippen molar-refractivity contribution in [1.82, 2.24) is 13.4 Å². The lowest BCUT2D eigenvalue weighted by atomic mass is 9.80. The Morgan fingerprint density at radius 1 is 0.463 bits per heavy atom. The summed E-state index contributed by atoms with van der Waals surface area (Å²) in [5, 5.41) is 0. The number of aryl methyl sites for hydroxylation is 6. The quantitative estimate of drug-likeness (QED) is 0.185. The Morgan fingerprint density at radius 3 is 1.48 bits per heavy atom. The summed E-state index contributed by atoms with van der Waals surface area (Å²) in [6.45, 7) is 7.35. The second kappa shape index (κ2) is 10.2. The second-order valence-corrected chi connectivity index (χ2v) is 16.1. The van der Waals surface area contributed by atoms with Gasteiger partial charge < -0.3 is 52.8 Å². The van der Waals surface area contributed by atoms with Gasteiger partial charge in [-0.1, -0.05) is 0 Å². The summed E-state index contributed by atoms with van der Waals surface area (Å²) in [6.07, 6.45) is 3.49. The first-order chi connectivity index (χ1) is 25.1. The summed E-state index contributed by atoms with van der Waals surface area (Å²) in [7, 11) is 0. The molecule has 278 valence electrons. The van der Waals surface area contributed by atoms with Crippen LogP contribution in [0.1, 0.15) is 92.4 Å². The van der Waals surface area contributed by atoms with Gasteiger partial charge in [-0.2, -0.15) is 0 Å². The molecule has 54 heavy (non-hydrogen) atoms. The van der Waals surface area contributed by atoms with E-state index in [9.17, 15) is 0 Å². The molecule has 0 N–H and O–H groups in total. The van der Waals surface area contributed by atoms with Crippen molar-refractivity contribution in [3.8, 4) is 0 Å². The zero-order valence-corrected chi connectivity index (χ0v) is 32.6. The van der Waals surface area contributed by atoms with E-state index in [0.717, 1.165) is 32.5 Å². The number of hydrogen-bond donors (Lipinski definition) is 0. The van der Waals surface area contributed by atoms with Crippen molar-refractivity contribution in [2.24, 2.45) is 0 Å². The van der Waals surface area contributed by atoms with Crippen LogP contribution in [0.15, 0.2) is 69.2 Å². The van der Waals surface area contributed by atoms with Crippen molar-refractivity contribution in [3.63, 3.8) is 0 Å². The maximum atomic E-state index is 17.5. The summed E-state index contributed by atoms with van der Waals surface area (Å²) < 4.78 is 109. The van der Waals surface area contributed by atoms with E-state index in [1.54, 1.807) is 107 Å². The van der Waals surface area contributed by atoms with E-state index in [1.165, 1.54) is 0 Å². The van der Waals surface area contributed by atoms with Crippen LogP contribution in [0.2, 0.25) is 0 Å². The predicted octanol–water partition coefficient (Wildman–Crippen LogP) is 8.85. The first-order valence-electron chi connectivity index (χ1n) is 18.4. The standard InChI is InChI=1S/C39H41B3F6N6/c1-18-13-22(5)49-30(18)17-31-26(9)32(28(11)53(31)40(49,43)44)35-38-21(4)16-25(8)52(38)42(47,48)54-29(12)33(27(10)39(35)54)34-36-19(2)14-23(6)50(36)41(45,46)51-24(7)15-20(3)37(34)51/h13-17H,1-12H3. The van der Waals surface area contributed by atoms with Gasteiger partial charge in [-0.25, -0.2) is 0 Å². The Labute approximate surface area is 310 Å². The van der Waals surface area contributed by atoms with E-state index in [-0.39, 0.29) is 22.8 Å². The molecule has 0 saturated heterocycles. The minimum atomic E-state index is -4.53. The molecule has 0 amide bonds. The molecule has 0 unspecified atom stereocenters. The lowest BCUT2D eigenvalue weighted by molar-refractivity contribution is -0.365. The molecule has 6 aliphatic rings. The summed E-state index contributed by atoms with van der Waals surface area (Å²) >= 11 is 0. The molecule has 15 heteroatoms. The van der Waals surface area contributed by atoms with Crippen LogP contribution >= 0.6 is 0 Å². The third-order valence-electron chi connectivity index (χ3n) is 12.7. The minimum Gasteiger partial charge on any atom is -0.394 e. The lowest BCUT2D eigenvalue weighted by Crippen LogP contribution is -2.52. The van der Waals surface area contributed by atoms with Crippen molar-refractivity contribution in [3.05, 3.63) is 120 Å². The van der Waals surface area contributed by atoms with Gasteiger partial charge in [0.1, 0.15) is 17.1 Å². The average Bonchev–Trinajstić information content (AvgIpc) is 3.83. The first-order valence-corrected chi connectivity index (χ1v) is 18.4. The summed E-state index contributed by atoms with van der Waals surface area (Å²) in [5.74, 6) is 0. The Hall–Kier alpha value is -4.94. The van der Waals surface area contributed by atoms with Gasteiger partial charge in [-0.3, -0.25) is 0 Å². The van der Waals surface area contributed by atoms with Crippen LogP contribution in [0.3, 0.4) is 0 Å². The van der Waals surface area contributed by atoms with Crippen molar-refractivity contribution >= 4 is 55.3 Å². The molecule has 9 heterocycles. The predicted molar refractivity (Wildman–Crippen MR) is 206 cm³/mol. The maximum Gasteiger partial charge on any atom is 0.737 e. The molecule has 6 aliphatic heterocycles. The molecule has 0 bridgehead atoms. The zero-order valence-electron chi connectivity index (χ0n) is 32.6. The Bertz CT molecular complexity index is 2750. The molecular weight excluding hydrogens is 699 g/mol. The molecule has 0 aromatic carbocycles. The van der Waals surface area contributed by atoms with Crippen LogP contribution in [0.5, 0.6) is 0 Å². The highest BCUT2D eigenvalue weighted by Crippen LogP contribution is 2.53. The van der Waals surface area contributed by atoms with E-state index >= 15 is 25.9 Å². The van der Waals surface area contributed by atoms with Crippen molar-refractivity contribution in [2.75, 3.05) is 0 Å². The molecule has 6 nitrogen and oxygen atoms in total. The molecule has 0 spiro atoms. The van der Waals surface area contributed by atoms with Gasteiger partial charge >= 0.3 is 20.9 Å². The van der Waals surface area contributed by atoms with Crippen LogP contribution in [-0.2, 0) is 0 Å². The first kappa shape index (κ1) is 34.8. The molecule has 0 saturated carbocycles. The highest BCUT2D eigenvalue weighted by molar-refractivity contribution is 6.60. The van der Waals surface area contributed by atoms with Gasteiger partial charge in [-0.15, -0.1) is 0 Å². The molecular formula is C39H41B3F6N6. The fraction of sp³-hybridized carbons (Fsp3) is 0.308. The van der Waals surface area contributed by atoms with Crippen molar-refractivity contribution in [2.45, 2.75) is 83.1 Å². The lowest BCUT2D eigenvalue weighted by Gasteiger charge is -2.34. The molecule has 9 rings (SSSR count). The van der Waals surface area contributed by atoms with Crippen LogP contribution in [-0.4, -0.2) is 64.9 Å². The van der Waals surface area contributed by atoms with E-state index in [4.69, 9.17) is 0 Å². The molecule has 0 radical (unpaired) electrons. The Morgan fingerprint density at radius 2 is 0.907 bits per heavy atom. The molecule has 3 aromatic rings. The van der Waals surface area contributed by atoms with Gasteiger partial charge in [0.15, 0.2) is 17.1 Å². The second-order valence-electron chi connectivity index (χ2n) is 16.1. The highest BCUT2D eigenvalue weighted by Gasteiger charge is 2.62. The van der Waals surface area contributed by atoms with Gasteiger partial charge in [0.2, 0.25) is 0 Å². The van der Waals surface area contributed by atoms with E-state index in [0.29, 0.717) is 95.7 Å². The highest BCUT2D eigenvalue weighted by atomic mass is 19.3. The van der Waals surface area contributed by atoms with E-state index in [1.807, 2.05) is 6.92 Å². The molecule has 0 aliphatic carbocycles. The third kappa shape index (κ3) is 3.76. The van der Waals surface area contributed by atoms with Gasteiger partial charge in [-0.05, 0) is 114 Å². The molecule has 0 fully saturated rings. The van der Waals surface area contributed by atoms with Gasteiger partial charge in [0.05, 0.1) is 22.3 Å². The average molecular weight is 740 g/mol. The van der Waals surface area contributed by atoms with Gasteiger partial charge in [0, 0.05) is 66.7 Å². The smallest absolute Gasteiger partial charge is 0.394 e. The number of aromatic nitrogens is 3. The summed E-state index contributed by atoms with van der Waals surface area (Å²) in [6, 6.07) is 5.18. The van der Waals surface area contributed by atoms with Crippen LogP contribution in [0.25, 0.3) is 17.2 Å². The third-order valence-corrected chi connectivity index (χ3v) is 12.7.